The zero-order valence-electron chi connectivity index (χ0n) is 19.7. The second kappa shape index (κ2) is 11.3. The quantitative estimate of drug-likeness (QED) is 0.382. The minimum atomic E-state index is -3.85. The number of nitrogens with zero attached hydrogens (tertiary/aromatic N) is 3. The van der Waals surface area contributed by atoms with Gasteiger partial charge in [0.25, 0.3) is 10.2 Å². The third-order valence-corrected chi connectivity index (χ3v) is 6.78. The molecular formula is C24H29N3O6S. The lowest BCUT2D eigenvalue weighted by molar-refractivity contribution is -0.143. The highest BCUT2D eigenvalue weighted by molar-refractivity contribution is 7.86. The SMILES string of the molecule is CCOC(=O)CN(Cc1cccc(OCc2nc(-c3ccccc3)oc2C)c1)S(=O)(=O)N(C)C. The van der Waals surface area contributed by atoms with Crippen LogP contribution in [0.3, 0.4) is 0 Å². The van der Waals surface area contributed by atoms with Gasteiger partial charge in [-0.05, 0) is 43.7 Å². The van der Waals surface area contributed by atoms with Crippen LogP contribution in [0.2, 0.25) is 0 Å². The third kappa shape index (κ3) is 6.43. The molecule has 0 amide bonds. The second-order valence-corrected chi connectivity index (χ2v) is 9.83. The van der Waals surface area contributed by atoms with E-state index >= 15 is 0 Å². The van der Waals surface area contributed by atoms with Crippen molar-refractivity contribution in [3.05, 3.63) is 71.6 Å². The number of carbonyl (C=O) groups is 1. The second-order valence-electron chi connectivity index (χ2n) is 7.69. The van der Waals surface area contributed by atoms with Crippen molar-refractivity contribution < 1.29 is 27.1 Å². The Morgan fingerprint density at radius 1 is 1.09 bits per heavy atom. The molecule has 0 radical (unpaired) electrons. The summed E-state index contributed by atoms with van der Waals surface area (Å²) in [7, 11) is -1.02. The van der Waals surface area contributed by atoms with Gasteiger partial charge in [-0.25, -0.2) is 4.98 Å². The molecule has 0 aliphatic rings. The molecule has 0 bridgehead atoms. The number of rotatable bonds is 11. The van der Waals surface area contributed by atoms with Crippen LogP contribution in [0.1, 0.15) is 23.9 Å². The van der Waals surface area contributed by atoms with Crippen LogP contribution in [0.4, 0.5) is 0 Å². The first kappa shape index (κ1) is 25.4. The minimum absolute atomic E-state index is 0.0162. The Morgan fingerprint density at radius 2 is 1.82 bits per heavy atom. The van der Waals surface area contributed by atoms with Gasteiger partial charge >= 0.3 is 5.97 Å². The van der Waals surface area contributed by atoms with Crippen LogP contribution in [-0.4, -0.2) is 55.2 Å². The lowest BCUT2D eigenvalue weighted by atomic mass is 10.2. The van der Waals surface area contributed by atoms with Gasteiger partial charge < -0.3 is 13.9 Å². The van der Waals surface area contributed by atoms with Gasteiger partial charge in [0.1, 0.15) is 30.4 Å². The largest absolute Gasteiger partial charge is 0.487 e. The Labute approximate surface area is 200 Å². The molecule has 0 spiro atoms. The summed E-state index contributed by atoms with van der Waals surface area (Å²) >= 11 is 0. The number of ether oxygens (including phenoxy) is 2. The van der Waals surface area contributed by atoms with Gasteiger partial charge in [-0.1, -0.05) is 30.3 Å². The van der Waals surface area contributed by atoms with E-state index in [-0.39, 0.29) is 26.3 Å². The molecule has 0 N–H and O–H groups in total. The molecule has 0 aliphatic heterocycles. The van der Waals surface area contributed by atoms with Crippen molar-refractivity contribution in [1.82, 2.24) is 13.6 Å². The van der Waals surface area contributed by atoms with Gasteiger partial charge in [-0.3, -0.25) is 4.79 Å². The zero-order valence-corrected chi connectivity index (χ0v) is 20.5. The van der Waals surface area contributed by atoms with Crippen LogP contribution >= 0.6 is 0 Å². The summed E-state index contributed by atoms with van der Waals surface area (Å²) in [6.45, 7) is 3.45. The minimum Gasteiger partial charge on any atom is -0.487 e. The van der Waals surface area contributed by atoms with Crippen molar-refractivity contribution in [3.63, 3.8) is 0 Å². The van der Waals surface area contributed by atoms with E-state index in [2.05, 4.69) is 4.98 Å². The first-order chi connectivity index (χ1) is 16.2. The van der Waals surface area contributed by atoms with Crippen LogP contribution in [0, 0.1) is 6.92 Å². The first-order valence-corrected chi connectivity index (χ1v) is 12.2. The molecule has 1 heterocycles. The first-order valence-electron chi connectivity index (χ1n) is 10.8. The van der Waals surface area contributed by atoms with E-state index in [1.54, 1.807) is 31.2 Å². The van der Waals surface area contributed by atoms with Crippen LogP contribution in [0.5, 0.6) is 5.75 Å². The molecule has 0 saturated carbocycles. The number of oxazole rings is 1. The number of hydrogen-bond acceptors (Lipinski definition) is 7. The van der Waals surface area contributed by atoms with Crippen molar-refractivity contribution in [2.45, 2.75) is 27.0 Å². The lowest BCUT2D eigenvalue weighted by Gasteiger charge is -2.24. The van der Waals surface area contributed by atoms with Gasteiger partial charge in [0.2, 0.25) is 5.89 Å². The topological polar surface area (TPSA) is 102 Å². The average Bonchev–Trinajstić information content (AvgIpc) is 3.18. The number of esters is 1. The van der Waals surface area contributed by atoms with Gasteiger partial charge in [-0.15, -0.1) is 0 Å². The maximum Gasteiger partial charge on any atom is 0.321 e. The molecule has 0 atom stereocenters. The van der Waals surface area contributed by atoms with Gasteiger partial charge in [-0.2, -0.15) is 17.0 Å². The highest BCUT2D eigenvalue weighted by Gasteiger charge is 2.27. The summed E-state index contributed by atoms with van der Waals surface area (Å²) in [5.74, 6) is 1.11. The van der Waals surface area contributed by atoms with Crippen molar-refractivity contribution in [2.75, 3.05) is 27.2 Å². The number of aryl methyl sites for hydroxylation is 1. The fourth-order valence-corrected chi connectivity index (χ4v) is 4.20. The maximum absolute atomic E-state index is 12.7. The summed E-state index contributed by atoms with van der Waals surface area (Å²) in [6, 6.07) is 16.6. The van der Waals surface area contributed by atoms with Crippen LogP contribution in [0.15, 0.2) is 59.0 Å². The highest BCUT2D eigenvalue weighted by Crippen LogP contribution is 2.23. The van der Waals surface area contributed by atoms with E-state index in [9.17, 15) is 13.2 Å². The summed E-state index contributed by atoms with van der Waals surface area (Å²) in [5, 5.41) is 0. The van der Waals surface area contributed by atoms with Crippen LogP contribution < -0.4 is 4.74 Å². The van der Waals surface area contributed by atoms with Crippen molar-refractivity contribution >= 4 is 16.2 Å². The molecular weight excluding hydrogens is 458 g/mol. The normalized spacial score (nSPS) is 11.7. The molecule has 10 heteroatoms. The van der Waals surface area contributed by atoms with Gasteiger partial charge in [0, 0.05) is 26.2 Å². The molecule has 0 fully saturated rings. The Bertz CT molecular complexity index is 1210. The molecule has 3 rings (SSSR count). The Morgan fingerprint density at radius 3 is 2.50 bits per heavy atom. The molecule has 2 aromatic carbocycles. The molecule has 1 aromatic heterocycles. The summed E-state index contributed by atoms with van der Waals surface area (Å²) in [5.41, 5.74) is 2.21. The predicted molar refractivity (Wildman–Crippen MR) is 127 cm³/mol. The molecule has 0 aliphatic carbocycles. The zero-order chi connectivity index (χ0) is 24.7. The highest BCUT2D eigenvalue weighted by atomic mass is 32.2. The molecule has 0 unspecified atom stereocenters. The number of aromatic nitrogens is 1. The third-order valence-electron chi connectivity index (χ3n) is 4.94. The van der Waals surface area contributed by atoms with E-state index in [1.165, 1.54) is 14.1 Å². The molecule has 0 saturated heterocycles. The van der Waals surface area contributed by atoms with Crippen LogP contribution in [-0.2, 0) is 32.9 Å². The van der Waals surface area contributed by atoms with E-state index in [4.69, 9.17) is 13.9 Å². The van der Waals surface area contributed by atoms with E-state index < -0.39 is 16.2 Å². The summed E-state index contributed by atoms with van der Waals surface area (Å²) in [6.07, 6.45) is 0. The van der Waals surface area contributed by atoms with E-state index in [1.807, 2.05) is 37.3 Å². The maximum atomic E-state index is 12.7. The van der Waals surface area contributed by atoms with Gasteiger partial charge in [0.05, 0.1) is 6.61 Å². The van der Waals surface area contributed by atoms with E-state index in [0.717, 1.165) is 14.2 Å². The molecule has 9 nitrogen and oxygen atoms in total. The predicted octanol–water partition coefficient (Wildman–Crippen LogP) is 3.40. The van der Waals surface area contributed by atoms with Crippen LogP contribution in [0.25, 0.3) is 11.5 Å². The fourth-order valence-electron chi connectivity index (χ4n) is 3.16. The van der Waals surface area contributed by atoms with Crippen molar-refractivity contribution in [2.24, 2.45) is 0 Å². The number of carbonyl (C=O) groups excluding carboxylic acids is 1. The summed E-state index contributed by atoms with van der Waals surface area (Å²) < 4.78 is 44.2. The molecule has 34 heavy (non-hydrogen) atoms. The van der Waals surface area contributed by atoms with Crippen molar-refractivity contribution in [1.29, 1.82) is 0 Å². The fraction of sp³-hybridized carbons (Fsp3) is 0.333. The average molecular weight is 488 g/mol. The summed E-state index contributed by atoms with van der Waals surface area (Å²) in [4.78, 5) is 16.5. The number of hydrogen-bond donors (Lipinski definition) is 0. The smallest absolute Gasteiger partial charge is 0.321 e. The number of benzene rings is 2. The Balaban J connectivity index is 1.72. The Hall–Kier alpha value is -3.21. The van der Waals surface area contributed by atoms with E-state index in [0.29, 0.717) is 28.7 Å². The monoisotopic (exact) mass is 487 g/mol. The Kier molecular flexibility index (Phi) is 8.43. The molecule has 182 valence electrons. The standard InChI is InChI=1S/C24H29N3O6S/c1-5-31-23(28)16-27(34(29,30)26(3)4)15-19-10-9-13-21(14-19)32-17-22-18(2)33-24(25-22)20-11-7-6-8-12-20/h6-14H,5,15-17H2,1-4H3. The lowest BCUT2D eigenvalue weighted by Crippen LogP contribution is -2.42. The van der Waals surface area contributed by atoms with Crippen molar-refractivity contribution in [3.8, 4) is 17.2 Å². The molecule has 3 aromatic rings. The van der Waals surface area contributed by atoms with Gasteiger partial charge in [0.15, 0.2) is 0 Å².